The van der Waals surface area contributed by atoms with Gasteiger partial charge in [-0.15, -0.1) is 10.2 Å². The van der Waals surface area contributed by atoms with Crippen molar-refractivity contribution >= 4 is 23.4 Å². The van der Waals surface area contributed by atoms with Crippen molar-refractivity contribution in [2.24, 2.45) is 0 Å². The standard InChI is InChI=1S/C23H29N5O2S/c1-17-25-26-23(28(17)20-11-13-21(30-4)14-12-20)31-16-22(29)24-15-5-6-18-7-9-19(10-8-18)27(2)3/h7-14H,5-6,15-16H2,1-4H3,(H,24,29). The Morgan fingerprint density at radius 1 is 1.10 bits per heavy atom. The molecule has 0 saturated heterocycles. The molecule has 31 heavy (non-hydrogen) atoms. The zero-order chi connectivity index (χ0) is 22.2. The van der Waals surface area contributed by atoms with E-state index in [-0.39, 0.29) is 5.91 Å². The van der Waals surface area contributed by atoms with Crippen molar-refractivity contribution in [1.29, 1.82) is 0 Å². The molecule has 0 bridgehead atoms. The van der Waals surface area contributed by atoms with Gasteiger partial charge in [-0.25, -0.2) is 0 Å². The molecule has 0 spiro atoms. The van der Waals surface area contributed by atoms with Gasteiger partial charge in [0.05, 0.1) is 12.9 Å². The number of hydrogen-bond donors (Lipinski definition) is 1. The van der Waals surface area contributed by atoms with Crippen LogP contribution in [0.5, 0.6) is 5.75 Å². The Morgan fingerprint density at radius 2 is 1.81 bits per heavy atom. The zero-order valence-corrected chi connectivity index (χ0v) is 19.3. The van der Waals surface area contributed by atoms with Gasteiger partial charge >= 0.3 is 0 Å². The van der Waals surface area contributed by atoms with Crippen molar-refractivity contribution in [2.75, 3.05) is 38.4 Å². The van der Waals surface area contributed by atoms with E-state index in [0.29, 0.717) is 17.5 Å². The van der Waals surface area contributed by atoms with E-state index in [9.17, 15) is 4.79 Å². The van der Waals surface area contributed by atoms with Gasteiger partial charge < -0.3 is 15.0 Å². The first-order valence-corrected chi connectivity index (χ1v) is 11.2. The predicted octanol–water partition coefficient (Wildman–Crippen LogP) is 3.49. The summed E-state index contributed by atoms with van der Waals surface area (Å²) < 4.78 is 7.15. The van der Waals surface area contributed by atoms with Crippen LogP contribution in [0.3, 0.4) is 0 Å². The van der Waals surface area contributed by atoms with Gasteiger partial charge in [0.15, 0.2) is 5.16 Å². The summed E-state index contributed by atoms with van der Waals surface area (Å²) in [5.74, 6) is 1.85. The summed E-state index contributed by atoms with van der Waals surface area (Å²) in [5, 5.41) is 12.1. The van der Waals surface area contributed by atoms with E-state index in [1.807, 2.05) is 49.9 Å². The molecule has 0 aliphatic carbocycles. The van der Waals surface area contributed by atoms with Gasteiger partial charge in [-0.1, -0.05) is 23.9 Å². The highest BCUT2D eigenvalue weighted by atomic mass is 32.2. The van der Waals surface area contributed by atoms with Crippen molar-refractivity contribution in [2.45, 2.75) is 24.9 Å². The van der Waals surface area contributed by atoms with Crippen LogP contribution in [0.1, 0.15) is 17.8 Å². The molecule has 3 rings (SSSR count). The Labute approximate surface area is 187 Å². The van der Waals surface area contributed by atoms with Gasteiger partial charge in [0.25, 0.3) is 0 Å². The second-order valence-electron chi connectivity index (χ2n) is 7.37. The van der Waals surface area contributed by atoms with E-state index in [2.05, 4.69) is 44.7 Å². The van der Waals surface area contributed by atoms with E-state index in [1.54, 1.807) is 7.11 Å². The van der Waals surface area contributed by atoms with Crippen molar-refractivity contribution < 1.29 is 9.53 Å². The van der Waals surface area contributed by atoms with Gasteiger partial charge in [0.1, 0.15) is 11.6 Å². The molecule has 0 saturated carbocycles. The summed E-state index contributed by atoms with van der Waals surface area (Å²) in [6.45, 7) is 2.55. The maximum absolute atomic E-state index is 12.3. The van der Waals surface area contributed by atoms with Crippen LogP contribution in [0.25, 0.3) is 5.69 Å². The number of amides is 1. The Morgan fingerprint density at radius 3 is 2.45 bits per heavy atom. The molecule has 0 atom stereocenters. The SMILES string of the molecule is COc1ccc(-n2c(C)nnc2SCC(=O)NCCCc2ccc(N(C)C)cc2)cc1. The van der Waals surface area contributed by atoms with Crippen molar-refractivity contribution in [3.63, 3.8) is 0 Å². The fraction of sp³-hybridized carbons (Fsp3) is 0.348. The number of carbonyl (C=O) groups excluding carboxylic acids is 1. The van der Waals surface area contributed by atoms with Crippen LogP contribution < -0.4 is 15.0 Å². The molecule has 0 aliphatic rings. The number of ether oxygens (including phenoxy) is 1. The summed E-state index contributed by atoms with van der Waals surface area (Å²) in [4.78, 5) is 14.4. The molecule has 2 aromatic carbocycles. The Kier molecular flexibility index (Phi) is 7.94. The van der Waals surface area contributed by atoms with Crippen LogP contribution >= 0.6 is 11.8 Å². The lowest BCUT2D eigenvalue weighted by Gasteiger charge is -2.12. The molecule has 1 N–H and O–H groups in total. The normalized spacial score (nSPS) is 10.7. The first kappa shape index (κ1) is 22.7. The summed E-state index contributed by atoms with van der Waals surface area (Å²) in [7, 11) is 5.70. The largest absolute Gasteiger partial charge is 0.497 e. The highest BCUT2D eigenvalue weighted by Crippen LogP contribution is 2.23. The monoisotopic (exact) mass is 439 g/mol. The highest BCUT2D eigenvalue weighted by Gasteiger charge is 2.13. The van der Waals surface area contributed by atoms with Crippen LogP contribution in [0.4, 0.5) is 5.69 Å². The first-order valence-electron chi connectivity index (χ1n) is 10.2. The van der Waals surface area contributed by atoms with E-state index in [4.69, 9.17) is 4.74 Å². The minimum atomic E-state index is -0.00473. The number of benzene rings is 2. The highest BCUT2D eigenvalue weighted by molar-refractivity contribution is 7.99. The van der Waals surface area contributed by atoms with Gasteiger partial charge in [-0.3, -0.25) is 9.36 Å². The first-order chi connectivity index (χ1) is 15.0. The number of rotatable bonds is 10. The van der Waals surface area contributed by atoms with Crippen LogP contribution in [0, 0.1) is 6.92 Å². The quantitative estimate of drug-likeness (QED) is 0.385. The third kappa shape index (κ3) is 6.24. The number of thioether (sulfide) groups is 1. The van der Waals surface area contributed by atoms with Crippen LogP contribution in [0.2, 0.25) is 0 Å². The molecule has 3 aromatic rings. The number of nitrogens with one attached hydrogen (secondary N) is 1. The van der Waals surface area contributed by atoms with E-state index < -0.39 is 0 Å². The molecule has 1 aromatic heterocycles. The van der Waals surface area contributed by atoms with Crippen LogP contribution in [0.15, 0.2) is 53.7 Å². The topological polar surface area (TPSA) is 72.3 Å². The second kappa shape index (κ2) is 10.9. The summed E-state index contributed by atoms with van der Waals surface area (Å²) in [6.07, 6.45) is 1.84. The second-order valence-corrected chi connectivity index (χ2v) is 8.31. The molecule has 0 unspecified atom stereocenters. The molecular weight excluding hydrogens is 410 g/mol. The lowest BCUT2D eigenvalue weighted by molar-refractivity contribution is -0.118. The third-order valence-electron chi connectivity index (χ3n) is 4.88. The lowest BCUT2D eigenvalue weighted by Crippen LogP contribution is -2.26. The van der Waals surface area contributed by atoms with Gasteiger partial charge in [0.2, 0.25) is 5.91 Å². The van der Waals surface area contributed by atoms with Gasteiger partial charge in [-0.05, 0) is 61.7 Å². The molecule has 0 aliphatic heterocycles. The van der Waals surface area contributed by atoms with Gasteiger partial charge in [-0.2, -0.15) is 0 Å². The maximum atomic E-state index is 12.3. The van der Waals surface area contributed by atoms with E-state index >= 15 is 0 Å². The number of anilines is 1. The van der Waals surface area contributed by atoms with E-state index in [0.717, 1.165) is 30.1 Å². The smallest absolute Gasteiger partial charge is 0.230 e. The zero-order valence-electron chi connectivity index (χ0n) is 18.5. The number of carbonyl (C=O) groups is 1. The predicted molar refractivity (Wildman–Crippen MR) is 125 cm³/mol. The van der Waals surface area contributed by atoms with Crippen molar-refractivity contribution in [3.05, 3.63) is 59.9 Å². The van der Waals surface area contributed by atoms with Crippen LogP contribution in [-0.2, 0) is 11.2 Å². The maximum Gasteiger partial charge on any atom is 0.230 e. The average molecular weight is 440 g/mol. The Hall–Kier alpha value is -3.00. The third-order valence-corrected chi connectivity index (χ3v) is 5.80. The number of hydrogen-bond acceptors (Lipinski definition) is 6. The Balaban J connectivity index is 1.45. The average Bonchev–Trinajstić information content (AvgIpc) is 3.16. The summed E-state index contributed by atoms with van der Waals surface area (Å²) in [6, 6.07) is 16.2. The molecule has 1 heterocycles. The Bertz CT molecular complexity index is 984. The fourth-order valence-corrected chi connectivity index (χ4v) is 3.95. The lowest BCUT2D eigenvalue weighted by atomic mass is 10.1. The number of methoxy groups -OCH3 is 1. The molecule has 7 nitrogen and oxygen atoms in total. The van der Waals surface area contributed by atoms with Crippen molar-refractivity contribution in [1.82, 2.24) is 20.1 Å². The molecule has 1 amide bonds. The number of nitrogens with zero attached hydrogens (tertiary/aromatic N) is 4. The van der Waals surface area contributed by atoms with Gasteiger partial charge in [0, 0.05) is 32.0 Å². The molecule has 164 valence electrons. The fourth-order valence-electron chi connectivity index (χ4n) is 3.13. The van der Waals surface area contributed by atoms with E-state index in [1.165, 1.54) is 23.0 Å². The minimum absolute atomic E-state index is 0.00473. The summed E-state index contributed by atoms with van der Waals surface area (Å²) >= 11 is 1.38. The summed E-state index contributed by atoms with van der Waals surface area (Å²) in [5.41, 5.74) is 3.40. The molecule has 0 fully saturated rings. The molecule has 8 heteroatoms. The number of aryl methyl sites for hydroxylation is 2. The molecular formula is C23H29N5O2S. The van der Waals surface area contributed by atoms with Crippen molar-refractivity contribution in [3.8, 4) is 11.4 Å². The van der Waals surface area contributed by atoms with Crippen LogP contribution in [-0.4, -0.2) is 54.2 Å². The minimum Gasteiger partial charge on any atom is -0.497 e. The number of aromatic nitrogens is 3. The molecule has 0 radical (unpaired) electrons.